The molecular weight excluding hydrogens is 247 g/mol. The second-order valence-corrected chi connectivity index (χ2v) is 4.31. The van der Waals surface area contributed by atoms with Crippen LogP contribution in [0.2, 0.25) is 0 Å². The van der Waals surface area contributed by atoms with Gasteiger partial charge in [0.05, 0.1) is 0 Å². The van der Waals surface area contributed by atoms with Gasteiger partial charge in [-0.1, -0.05) is 0 Å². The number of hydrogen-bond donors (Lipinski definition) is 2. The molecule has 8 heteroatoms. The standard InChI is InChI=1S/C10H14F3N5/c1-6-4-8(16-9(15-6)17-14)18(7-2-3-7)5-10(11,12)13/h4,7H,2-3,5,14H2,1H3,(H,15,16,17). The molecule has 1 aliphatic carbocycles. The summed E-state index contributed by atoms with van der Waals surface area (Å²) in [4.78, 5) is 9.19. The van der Waals surface area contributed by atoms with E-state index in [0.29, 0.717) is 5.69 Å². The Morgan fingerprint density at radius 2 is 2.11 bits per heavy atom. The van der Waals surface area contributed by atoms with Gasteiger partial charge >= 0.3 is 6.18 Å². The minimum absolute atomic E-state index is 0.0912. The number of hydrazine groups is 1. The number of hydrogen-bond acceptors (Lipinski definition) is 5. The van der Waals surface area contributed by atoms with E-state index in [1.165, 1.54) is 11.0 Å². The Morgan fingerprint density at radius 3 is 2.61 bits per heavy atom. The topological polar surface area (TPSA) is 67.1 Å². The van der Waals surface area contributed by atoms with Crippen molar-refractivity contribution in [1.82, 2.24) is 9.97 Å². The predicted molar refractivity (Wildman–Crippen MR) is 61.0 cm³/mol. The van der Waals surface area contributed by atoms with E-state index in [9.17, 15) is 13.2 Å². The molecule has 1 aliphatic rings. The molecule has 1 aromatic rings. The summed E-state index contributed by atoms with van der Waals surface area (Å²) < 4.78 is 37.6. The molecule has 18 heavy (non-hydrogen) atoms. The molecule has 0 aromatic carbocycles. The maximum Gasteiger partial charge on any atom is 0.405 e. The third kappa shape index (κ3) is 3.22. The van der Waals surface area contributed by atoms with Crippen LogP contribution in [0, 0.1) is 6.92 Å². The molecule has 1 aromatic heterocycles. The molecule has 0 unspecified atom stereocenters. The number of alkyl halides is 3. The number of aromatic nitrogens is 2. The Balaban J connectivity index is 2.27. The van der Waals surface area contributed by atoms with E-state index in [2.05, 4.69) is 15.4 Å². The number of halogens is 3. The summed E-state index contributed by atoms with van der Waals surface area (Å²) in [5, 5.41) is 0. The highest BCUT2D eigenvalue weighted by atomic mass is 19.4. The van der Waals surface area contributed by atoms with Gasteiger partial charge in [-0.3, -0.25) is 5.43 Å². The second-order valence-electron chi connectivity index (χ2n) is 4.31. The van der Waals surface area contributed by atoms with Crippen LogP contribution in [0.4, 0.5) is 24.9 Å². The summed E-state index contributed by atoms with van der Waals surface area (Å²) in [6.07, 6.45) is -2.74. The average molecular weight is 261 g/mol. The van der Waals surface area contributed by atoms with Gasteiger partial charge in [0.2, 0.25) is 5.95 Å². The van der Waals surface area contributed by atoms with E-state index >= 15 is 0 Å². The SMILES string of the molecule is Cc1cc(N(CC(F)(F)F)C2CC2)nc(NN)n1. The van der Waals surface area contributed by atoms with Gasteiger partial charge in [-0.15, -0.1) is 0 Å². The first kappa shape index (κ1) is 12.9. The van der Waals surface area contributed by atoms with Gasteiger partial charge in [0, 0.05) is 17.8 Å². The molecule has 0 saturated heterocycles. The lowest BCUT2D eigenvalue weighted by molar-refractivity contribution is -0.120. The van der Waals surface area contributed by atoms with Crippen LogP contribution in [-0.4, -0.2) is 28.7 Å². The minimum atomic E-state index is -4.25. The van der Waals surface area contributed by atoms with Crippen LogP contribution < -0.4 is 16.2 Å². The van der Waals surface area contributed by atoms with Gasteiger partial charge in [-0.2, -0.15) is 18.2 Å². The number of nitrogens with one attached hydrogen (secondary N) is 1. The Kier molecular flexibility index (Phi) is 3.29. The maximum atomic E-state index is 12.5. The van der Waals surface area contributed by atoms with E-state index in [4.69, 9.17) is 5.84 Å². The molecule has 0 spiro atoms. The van der Waals surface area contributed by atoms with Crippen LogP contribution >= 0.6 is 0 Å². The van der Waals surface area contributed by atoms with Crippen molar-refractivity contribution in [3.63, 3.8) is 0 Å². The molecular formula is C10H14F3N5. The van der Waals surface area contributed by atoms with Crippen LogP contribution in [0.15, 0.2) is 6.07 Å². The predicted octanol–water partition coefficient (Wildman–Crippen LogP) is 1.60. The molecule has 1 fully saturated rings. The molecule has 0 amide bonds. The monoisotopic (exact) mass is 261 g/mol. The molecule has 1 heterocycles. The quantitative estimate of drug-likeness (QED) is 0.636. The first-order valence-electron chi connectivity index (χ1n) is 5.55. The zero-order valence-electron chi connectivity index (χ0n) is 9.83. The maximum absolute atomic E-state index is 12.5. The lowest BCUT2D eigenvalue weighted by atomic mass is 10.3. The van der Waals surface area contributed by atoms with Crippen LogP contribution in [0.25, 0.3) is 0 Å². The van der Waals surface area contributed by atoms with Crippen molar-refractivity contribution < 1.29 is 13.2 Å². The van der Waals surface area contributed by atoms with Crippen molar-refractivity contribution in [3.05, 3.63) is 11.8 Å². The summed E-state index contributed by atoms with van der Waals surface area (Å²) in [5.41, 5.74) is 2.83. The van der Waals surface area contributed by atoms with E-state index in [1.54, 1.807) is 6.92 Å². The number of rotatable bonds is 4. The summed E-state index contributed by atoms with van der Waals surface area (Å²) in [5.74, 6) is 5.57. The summed E-state index contributed by atoms with van der Waals surface area (Å²) >= 11 is 0. The Hall–Kier alpha value is -1.57. The molecule has 3 N–H and O–H groups in total. The fourth-order valence-electron chi connectivity index (χ4n) is 1.74. The van der Waals surface area contributed by atoms with Crippen molar-refractivity contribution in [2.45, 2.75) is 32.0 Å². The number of nitrogen functional groups attached to an aromatic ring is 1. The largest absolute Gasteiger partial charge is 0.405 e. The van der Waals surface area contributed by atoms with E-state index in [-0.39, 0.29) is 17.8 Å². The van der Waals surface area contributed by atoms with Gasteiger partial charge in [-0.05, 0) is 19.8 Å². The van der Waals surface area contributed by atoms with Gasteiger partial charge in [0.1, 0.15) is 12.4 Å². The van der Waals surface area contributed by atoms with Crippen molar-refractivity contribution in [2.75, 3.05) is 16.9 Å². The second kappa shape index (κ2) is 4.60. The number of nitrogens with two attached hydrogens (primary N) is 1. The lowest BCUT2D eigenvalue weighted by Gasteiger charge is -2.25. The van der Waals surface area contributed by atoms with Gasteiger partial charge in [0.25, 0.3) is 0 Å². The highest BCUT2D eigenvalue weighted by Gasteiger charge is 2.39. The molecule has 1 saturated carbocycles. The first-order chi connectivity index (χ1) is 8.39. The third-order valence-electron chi connectivity index (χ3n) is 2.60. The number of anilines is 2. The number of aryl methyl sites for hydroxylation is 1. The van der Waals surface area contributed by atoms with E-state index in [0.717, 1.165) is 12.8 Å². The van der Waals surface area contributed by atoms with Crippen molar-refractivity contribution >= 4 is 11.8 Å². The molecule has 100 valence electrons. The Labute approximate surface area is 102 Å². The minimum Gasteiger partial charge on any atom is -0.344 e. The molecule has 2 rings (SSSR count). The summed E-state index contributed by atoms with van der Waals surface area (Å²) in [6.45, 7) is 0.683. The van der Waals surface area contributed by atoms with Gasteiger partial charge in [0.15, 0.2) is 0 Å². The summed E-state index contributed by atoms with van der Waals surface area (Å²) in [7, 11) is 0. The van der Waals surface area contributed by atoms with Crippen LogP contribution in [-0.2, 0) is 0 Å². The van der Waals surface area contributed by atoms with E-state index in [1.807, 2.05) is 0 Å². The molecule has 0 aliphatic heterocycles. The van der Waals surface area contributed by atoms with E-state index < -0.39 is 12.7 Å². The molecule has 5 nitrogen and oxygen atoms in total. The van der Waals surface area contributed by atoms with Gasteiger partial charge < -0.3 is 4.90 Å². The zero-order valence-corrected chi connectivity index (χ0v) is 9.83. The van der Waals surface area contributed by atoms with Crippen molar-refractivity contribution in [3.8, 4) is 0 Å². The zero-order chi connectivity index (χ0) is 13.3. The lowest BCUT2D eigenvalue weighted by Crippen LogP contribution is -2.36. The molecule has 0 atom stereocenters. The first-order valence-corrected chi connectivity index (χ1v) is 5.55. The van der Waals surface area contributed by atoms with Crippen LogP contribution in [0.5, 0.6) is 0 Å². The van der Waals surface area contributed by atoms with Crippen molar-refractivity contribution in [2.24, 2.45) is 5.84 Å². The average Bonchev–Trinajstić information content (AvgIpc) is 3.07. The highest BCUT2D eigenvalue weighted by molar-refractivity contribution is 5.46. The normalized spacial score (nSPS) is 15.6. The van der Waals surface area contributed by atoms with Crippen molar-refractivity contribution in [1.29, 1.82) is 0 Å². The smallest absolute Gasteiger partial charge is 0.344 e. The fourth-order valence-corrected chi connectivity index (χ4v) is 1.74. The highest BCUT2D eigenvalue weighted by Crippen LogP contribution is 2.33. The Bertz CT molecular complexity index is 430. The molecule has 0 radical (unpaired) electrons. The van der Waals surface area contributed by atoms with Crippen LogP contribution in [0.1, 0.15) is 18.5 Å². The van der Waals surface area contributed by atoms with Crippen LogP contribution in [0.3, 0.4) is 0 Å². The summed E-state index contributed by atoms with van der Waals surface area (Å²) in [6, 6.07) is 1.44. The molecule has 0 bridgehead atoms. The third-order valence-corrected chi connectivity index (χ3v) is 2.60. The Morgan fingerprint density at radius 1 is 1.44 bits per heavy atom. The van der Waals surface area contributed by atoms with Gasteiger partial charge in [-0.25, -0.2) is 10.8 Å². The fraction of sp³-hybridized carbons (Fsp3) is 0.600. The number of nitrogens with zero attached hydrogens (tertiary/aromatic N) is 3.